The number of H-pyrrole nitrogens is 1. The van der Waals surface area contributed by atoms with Crippen LogP contribution in [0.2, 0.25) is 0 Å². The van der Waals surface area contributed by atoms with Gasteiger partial charge in [0, 0.05) is 12.1 Å². The van der Waals surface area contributed by atoms with E-state index in [2.05, 4.69) is 15.5 Å². The van der Waals surface area contributed by atoms with E-state index in [1.807, 2.05) is 6.92 Å². The van der Waals surface area contributed by atoms with Crippen molar-refractivity contribution in [2.45, 2.75) is 24.8 Å². The van der Waals surface area contributed by atoms with Gasteiger partial charge < -0.3 is 11.1 Å². The Morgan fingerprint density at radius 1 is 1.35 bits per heavy atom. The summed E-state index contributed by atoms with van der Waals surface area (Å²) in [6.07, 6.45) is 2.21. The van der Waals surface area contributed by atoms with Gasteiger partial charge in [0.25, 0.3) is 0 Å². The minimum atomic E-state index is -3.26. The number of hydrogen-bond acceptors (Lipinski definition) is 5. The van der Waals surface area contributed by atoms with Crippen molar-refractivity contribution in [1.29, 1.82) is 0 Å². The zero-order chi connectivity index (χ0) is 14.6. The molecule has 0 aliphatic heterocycles. The molecule has 6 nitrogen and oxygen atoms in total. The Balaban J connectivity index is 2.23. The molecule has 0 aliphatic rings. The molecule has 7 heteroatoms. The molecule has 0 fully saturated rings. The second-order valence-electron chi connectivity index (χ2n) is 4.48. The zero-order valence-corrected chi connectivity index (χ0v) is 12.1. The number of sulfone groups is 1. The van der Waals surface area contributed by atoms with E-state index >= 15 is 0 Å². The number of hydrogen-bond donors (Lipinski definition) is 3. The maximum absolute atomic E-state index is 12.2. The van der Waals surface area contributed by atoms with Crippen LogP contribution in [-0.4, -0.2) is 24.4 Å². The highest BCUT2D eigenvalue weighted by Crippen LogP contribution is 2.23. The van der Waals surface area contributed by atoms with E-state index in [1.54, 1.807) is 30.5 Å². The van der Waals surface area contributed by atoms with Crippen LogP contribution in [0.4, 0.5) is 11.5 Å². The molecule has 108 valence electrons. The summed E-state index contributed by atoms with van der Waals surface area (Å²) >= 11 is 0. The Hall–Kier alpha value is -2.02. The third-order valence-electron chi connectivity index (χ3n) is 2.92. The van der Waals surface area contributed by atoms with Gasteiger partial charge in [0.2, 0.25) is 0 Å². The number of para-hydroxylation sites is 1. The topological polar surface area (TPSA) is 101 Å². The molecule has 2 aromatic rings. The predicted octanol–water partition coefficient (Wildman–Crippen LogP) is 1.79. The van der Waals surface area contributed by atoms with Crippen molar-refractivity contribution in [1.82, 2.24) is 10.2 Å². The molecule has 0 amide bonds. The fourth-order valence-corrected chi connectivity index (χ4v) is 3.43. The molecule has 0 bridgehead atoms. The Morgan fingerprint density at radius 2 is 2.10 bits per heavy atom. The maximum Gasteiger partial charge on any atom is 0.180 e. The normalized spacial score (nSPS) is 11.4. The maximum atomic E-state index is 12.2. The van der Waals surface area contributed by atoms with Crippen molar-refractivity contribution < 1.29 is 8.42 Å². The van der Waals surface area contributed by atoms with Crippen LogP contribution >= 0.6 is 0 Å². The molecular weight excluding hydrogens is 276 g/mol. The van der Waals surface area contributed by atoms with Gasteiger partial charge in [-0.15, -0.1) is 0 Å². The smallest absolute Gasteiger partial charge is 0.180 e. The van der Waals surface area contributed by atoms with Crippen molar-refractivity contribution in [3.8, 4) is 0 Å². The van der Waals surface area contributed by atoms with Crippen molar-refractivity contribution in [2.24, 2.45) is 0 Å². The van der Waals surface area contributed by atoms with E-state index in [0.717, 1.165) is 5.56 Å². The fraction of sp³-hybridized carbons (Fsp3) is 0.308. The van der Waals surface area contributed by atoms with Gasteiger partial charge in [0.1, 0.15) is 5.82 Å². The third kappa shape index (κ3) is 3.11. The summed E-state index contributed by atoms with van der Waals surface area (Å²) in [5.41, 5.74) is 7.08. The van der Waals surface area contributed by atoms with Crippen molar-refractivity contribution in [3.63, 3.8) is 0 Å². The SMILES string of the molecule is CCCS(=O)(=O)c1ccccc1NCc1cn[nH]c1N. The summed E-state index contributed by atoms with van der Waals surface area (Å²) in [7, 11) is -3.26. The molecule has 2 rings (SSSR count). The molecule has 0 atom stereocenters. The predicted molar refractivity (Wildman–Crippen MR) is 79.1 cm³/mol. The van der Waals surface area contributed by atoms with E-state index in [1.165, 1.54) is 0 Å². The first-order valence-electron chi connectivity index (χ1n) is 6.38. The summed E-state index contributed by atoms with van der Waals surface area (Å²) in [4.78, 5) is 0.323. The lowest BCUT2D eigenvalue weighted by Gasteiger charge is -2.11. The van der Waals surface area contributed by atoms with Crippen molar-refractivity contribution in [2.75, 3.05) is 16.8 Å². The van der Waals surface area contributed by atoms with E-state index in [-0.39, 0.29) is 5.75 Å². The molecule has 0 spiro atoms. The molecule has 0 aliphatic carbocycles. The van der Waals surface area contributed by atoms with Crippen LogP contribution in [0.25, 0.3) is 0 Å². The second kappa shape index (κ2) is 5.96. The first kappa shape index (κ1) is 14.4. The van der Waals surface area contributed by atoms with Crippen LogP contribution in [-0.2, 0) is 16.4 Å². The standard InChI is InChI=1S/C13H18N4O2S/c1-2-7-20(18,19)12-6-4-3-5-11(12)15-8-10-9-16-17-13(10)14/h3-6,9,15H,2,7-8H2,1H3,(H3,14,16,17). The molecule has 0 unspecified atom stereocenters. The molecule has 0 saturated carbocycles. The molecule has 20 heavy (non-hydrogen) atoms. The number of nitrogens with one attached hydrogen (secondary N) is 2. The highest BCUT2D eigenvalue weighted by molar-refractivity contribution is 7.91. The second-order valence-corrected chi connectivity index (χ2v) is 6.56. The lowest BCUT2D eigenvalue weighted by atomic mass is 10.3. The summed E-state index contributed by atoms with van der Waals surface area (Å²) < 4.78 is 24.4. The van der Waals surface area contributed by atoms with E-state index in [0.29, 0.717) is 29.4 Å². The first-order valence-corrected chi connectivity index (χ1v) is 8.03. The third-order valence-corrected chi connectivity index (χ3v) is 4.89. The van der Waals surface area contributed by atoms with Gasteiger partial charge in [-0.1, -0.05) is 19.1 Å². The number of nitrogen functional groups attached to an aromatic ring is 1. The monoisotopic (exact) mass is 294 g/mol. The number of benzene rings is 1. The lowest BCUT2D eigenvalue weighted by molar-refractivity contribution is 0.595. The van der Waals surface area contributed by atoms with E-state index < -0.39 is 9.84 Å². The molecular formula is C13H18N4O2S. The van der Waals surface area contributed by atoms with Gasteiger partial charge in [-0.05, 0) is 18.6 Å². The minimum absolute atomic E-state index is 0.138. The highest BCUT2D eigenvalue weighted by atomic mass is 32.2. The average Bonchev–Trinajstić information content (AvgIpc) is 2.82. The molecule has 0 radical (unpaired) electrons. The van der Waals surface area contributed by atoms with Gasteiger partial charge in [-0.3, -0.25) is 5.10 Å². The van der Waals surface area contributed by atoms with Crippen LogP contribution in [0.15, 0.2) is 35.4 Å². The molecule has 4 N–H and O–H groups in total. The number of nitrogens with zero attached hydrogens (tertiary/aromatic N) is 1. The largest absolute Gasteiger partial charge is 0.384 e. The van der Waals surface area contributed by atoms with Crippen molar-refractivity contribution in [3.05, 3.63) is 36.0 Å². The summed E-state index contributed by atoms with van der Waals surface area (Å²) in [6.45, 7) is 2.26. The number of anilines is 2. The first-order chi connectivity index (χ1) is 9.54. The van der Waals surface area contributed by atoms with Gasteiger partial charge in [0.15, 0.2) is 9.84 Å². The van der Waals surface area contributed by atoms with Crippen LogP contribution in [0.1, 0.15) is 18.9 Å². The Kier molecular flexibility index (Phi) is 4.29. The lowest BCUT2D eigenvalue weighted by Crippen LogP contribution is -2.10. The Labute approximate surface area is 118 Å². The van der Waals surface area contributed by atoms with Gasteiger partial charge >= 0.3 is 0 Å². The Bertz CT molecular complexity index is 679. The molecule has 1 heterocycles. The number of aromatic nitrogens is 2. The Morgan fingerprint density at radius 3 is 2.75 bits per heavy atom. The number of rotatable bonds is 6. The molecule has 1 aromatic carbocycles. The van der Waals surface area contributed by atoms with Crippen LogP contribution < -0.4 is 11.1 Å². The molecule has 0 saturated heterocycles. The fourth-order valence-electron chi connectivity index (χ4n) is 1.91. The highest BCUT2D eigenvalue weighted by Gasteiger charge is 2.17. The van der Waals surface area contributed by atoms with Gasteiger partial charge in [-0.25, -0.2) is 8.42 Å². The summed E-state index contributed by atoms with van der Waals surface area (Å²) in [6, 6.07) is 6.89. The van der Waals surface area contributed by atoms with E-state index in [4.69, 9.17) is 5.73 Å². The van der Waals surface area contributed by atoms with Crippen LogP contribution in [0.5, 0.6) is 0 Å². The average molecular weight is 294 g/mol. The summed E-state index contributed by atoms with van der Waals surface area (Å²) in [5, 5.41) is 9.57. The molecule has 1 aromatic heterocycles. The number of nitrogens with two attached hydrogens (primary N) is 1. The minimum Gasteiger partial charge on any atom is -0.384 e. The number of aromatic amines is 1. The van der Waals surface area contributed by atoms with Gasteiger partial charge in [-0.2, -0.15) is 5.10 Å². The van der Waals surface area contributed by atoms with E-state index in [9.17, 15) is 8.42 Å². The quantitative estimate of drug-likeness (QED) is 0.754. The zero-order valence-electron chi connectivity index (χ0n) is 11.3. The van der Waals surface area contributed by atoms with Crippen molar-refractivity contribution >= 4 is 21.3 Å². The summed E-state index contributed by atoms with van der Waals surface area (Å²) in [5.74, 6) is 0.617. The van der Waals surface area contributed by atoms with Crippen LogP contribution in [0, 0.1) is 0 Å². The van der Waals surface area contributed by atoms with Crippen LogP contribution in [0.3, 0.4) is 0 Å². The van der Waals surface area contributed by atoms with Gasteiger partial charge in [0.05, 0.1) is 22.5 Å².